The number of aromatic amines is 1. The number of carboxylic acids is 1. The summed E-state index contributed by atoms with van der Waals surface area (Å²) in [6, 6.07) is 4.73. The van der Waals surface area contributed by atoms with Gasteiger partial charge in [-0.15, -0.1) is 10.2 Å². The maximum atomic E-state index is 11.4. The van der Waals surface area contributed by atoms with Crippen LogP contribution in [0.1, 0.15) is 0 Å². The molecule has 0 aliphatic carbocycles. The highest BCUT2D eigenvalue weighted by Crippen LogP contribution is 2.22. The standard InChI is InChI=1S/C12H14N4O4S/c1-20-6-5-16-11(8-3-2-4-9(17)13-8)14-15-12(16)21-7-10(18)19/h2-4H,5-7H2,1H3,(H,13,17)(H,18,19). The topological polar surface area (TPSA) is 110 Å². The molecule has 0 amide bonds. The van der Waals surface area contributed by atoms with E-state index in [2.05, 4.69) is 15.2 Å². The summed E-state index contributed by atoms with van der Waals surface area (Å²) >= 11 is 1.07. The minimum Gasteiger partial charge on any atom is -0.481 e. The number of thioether (sulfide) groups is 1. The van der Waals surface area contributed by atoms with E-state index in [1.54, 1.807) is 23.8 Å². The van der Waals surface area contributed by atoms with Crippen LogP contribution in [0.25, 0.3) is 11.5 Å². The Labute approximate surface area is 124 Å². The van der Waals surface area contributed by atoms with Crippen molar-refractivity contribution in [3.05, 3.63) is 28.6 Å². The second kappa shape index (κ2) is 7.04. The van der Waals surface area contributed by atoms with E-state index in [1.807, 2.05) is 0 Å². The first-order valence-electron chi connectivity index (χ1n) is 6.08. The fourth-order valence-electron chi connectivity index (χ4n) is 1.68. The molecule has 0 unspecified atom stereocenters. The Balaban J connectivity index is 2.35. The van der Waals surface area contributed by atoms with E-state index in [1.165, 1.54) is 6.07 Å². The average Bonchev–Trinajstić information content (AvgIpc) is 2.85. The number of aliphatic carboxylic acids is 1. The molecule has 0 atom stereocenters. The number of rotatable bonds is 7. The summed E-state index contributed by atoms with van der Waals surface area (Å²) in [6.07, 6.45) is 0. The van der Waals surface area contributed by atoms with Crippen LogP contribution in [-0.2, 0) is 16.1 Å². The van der Waals surface area contributed by atoms with Gasteiger partial charge in [0.05, 0.1) is 24.6 Å². The van der Waals surface area contributed by atoms with Gasteiger partial charge < -0.3 is 14.8 Å². The van der Waals surface area contributed by atoms with Crippen LogP contribution in [0.5, 0.6) is 0 Å². The Kier molecular flexibility index (Phi) is 5.12. The third kappa shape index (κ3) is 3.92. The van der Waals surface area contributed by atoms with Gasteiger partial charge in [-0.25, -0.2) is 0 Å². The number of methoxy groups -OCH3 is 1. The van der Waals surface area contributed by atoms with Gasteiger partial charge in [0.2, 0.25) is 5.56 Å². The van der Waals surface area contributed by atoms with Gasteiger partial charge in [0, 0.05) is 13.2 Å². The monoisotopic (exact) mass is 310 g/mol. The number of H-pyrrole nitrogens is 1. The van der Waals surface area contributed by atoms with Crippen molar-refractivity contribution < 1.29 is 14.6 Å². The van der Waals surface area contributed by atoms with Crippen LogP contribution in [0.15, 0.2) is 28.2 Å². The van der Waals surface area contributed by atoms with E-state index >= 15 is 0 Å². The highest BCUT2D eigenvalue weighted by atomic mass is 32.2. The fraction of sp³-hybridized carbons (Fsp3) is 0.333. The zero-order valence-electron chi connectivity index (χ0n) is 11.3. The molecule has 0 radical (unpaired) electrons. The lowest BCUT2D eigenvalue weighted by atomic mass is 10.3. The lowest BCUT2D eigenvalue weighted by Crippen LogP contribution is -2.11. The van der Waals surface area contributed by atoms with Crippen LogP contribution in [-0.4, -0.2) is 50.3 Å². The predicted molar refractivity (Wildman–Crippen MR) is 76.3 cm³/mol. The molecule has 0 bridgehead atoms. The summed E-state index contributed by atoms with van der Waals surface area (Å²) in [5.41, 5.74) is 0.279. The van der Waals surface area contributed by atoms with Crippen molar-refractivity contribution in [1.82, 2.24) is 19.7 Å². The van der Waals surface area contributed by atoms with Crippen LogP contribution in [0.4, 0.5) is 0 Å². The van der Waals surface area contributed by atoms with E-state index in [0.717, 1.165) is 11.8 Å². The molecule has 2 N–H and O–H groups in total. The quantitative estimate of drug-likeness (QED) is 0.715. The summed E-state index contributed by atoms with van der Waals surface area (Å²) < 4.78 is 6.76. The van der Waals surface area contributed by atoms with Crippen molar-refractivity contribution in [2.75, 3.05) is 19.5 Å². The summed E-state index contributed by atoms with van der Waals surface area (Å²) in [5, 5.41) is 17.2. The molecule has 2 rings (SSSR count). The SMILES string of the molecule is COCCn1c(SCC(=O)O)nnc1-c1cccc(=O)[nH]1. The number of hydrogen-bond donors (Lipinski definition) is 2. The maximum absolute atomic E-state index is 11.4. The predicted octanol–water partition coefficient (Wildman–Crippen LogP) is 0.456. The lowest BCUT2D eigenvalue weighted by Gasteiger charge is -2.08. The number of pyridine rings is 1. The molecule has 0 spiro atoms. The van der Waals surface area contributed by atoms with E-state index in [-0.39, 0.29) is 11.3 Å². The van der Waals surface area contributed by atoms with Crippen LogP contribution in [0.3, 0.4) is 0 Å². The van der Waals surface area contributed by atoms with E-state index in [4.69, 9.17) is 9.84 Å². The molecule has 112 valence electrons. The summed E-state index contributed by atoms with van der Waals surface area (Å²) in [4.78, 5) is 24.7. The van der Waals surface area contributed by atoms with Gasteiger partial charge in [-0.2, -0.15) is 0 Å². The van der Waals surface area contributed by atoms with Crippen molar-refractivity contribution in [1.29, 1.82) is 0 Å². The smallest absolute Gasteiger partial charge is 0.313 e. The van der Waals surface area contributed by atoms with E-state index in [0.29, 0.717) is 29.8 Å². The fourth-order valence-corrected chi connectivity index (χ4v) is 2.37. The Morgan fingerprint density at radius 2 is 2.29 bits per heavy atom. The second-order valence-corrected chi connectivity index (χ2v) is 5.00. The minimum atomic E-state index is -0.934. The van der Waals surface area contributed by atoms with Gasteiger partial charge >= 0.3 is 5.97 Å². The van der Waals surface area contributed by atoms with Crippen LogP contribution < -0.4 is 5.56 Å². The molecule has 2 heterocycles. The molecule has 9 heteroatoms. The number of ether oxygens (including phenoxy) is 1. The molecule has 0 saturated heterocycles. The maximum Gasteiger partial charge on any atom is 0.313 e. The van der Waals surface area contributed by atoms with Crippen LogP contribution >= 0.6 is 11.8 Å². The van der Waals surface area contributed by atoms with Gasteiger partial charge in [-0.3, -0.25) is 14.2 Å². The highest BCUT2D eigenvalue weighted by molar-refractivity contribution is 7.99. The van der Waals surface area contributed by atoms with Crippen molar-refractivity contribution >= 4 is 17.7 Å². The molecule has 8 nitrogen and oxygen atoms in total. The van der Waals surface area contributed by atoms with Crippen molar-refractivity contribution in [3.8, 4) is 11.5 Å². The molecule has 21 heavy (non-hydrogen) atoms. The molecule has 2 aromatic heterocycles. The molecule has 0 aliphatic heterocycles. The van der Waals surface area contributed by atoms with E-state index in [9.17, 15) is 9.59 Å². The first kappa shape index (κ1) is 15.3. The third-order valence-corrected chi connectivity index (χ3v) is 3.52. The average molecular weight is 310 g/mol. The third-order valence-electron chi connectivity index (χ3n) is 2.57. The van der Waals surface area contributed by atoms with Gasteiger partial charge in [0.25, 0.3) is 0 Å². The Morgan fingerprint density at radius 3 is 2.95 bits per heavy atom. The Bertz CT molecular complexity index is 682. The van der Waals surface area contributed by atoms with E-state index < -0.39 is 5.97 Å². The zero-order chi connectivity index (χ0) is 15.2. The number of carbonyl (C=O) groups is 1. The largest absolute Gasteiger partial charge is 0.481 e. The van der Waals surface area contributed by atoms with Gasteiger partial charge in [0.1, 0.15) is 0 Å². The molecule has 0 saturated carbocycles. The van der Waals surface area contributed by atoms with Crippen molar-refractivity contribution in [2.45, 2.75) is 11.7 Å². The Morgan fingerprint density at radius 1 is 1.48 bits per heavy atom. The van der Waals surface area contributed by atoms with Gasteiger partial charge in [0.15, 0.2) is 11.0 Å². The van der Waals surface area contributed by atoms with Gasteiger partial charge in [-0.05, 0) is 6.07 Å². The first-order chi connectivity index (χ1) is 10.1. The number of hydrogen-bond acceptors (Lipinski definition) is 6. The van der Waals surface area contributed by atoms with Crippen LogP contribution in [0.2, 0.25) is 0 Å². The van der Waals surface area contributed by atoms with Crippen molar-refractivity contribution in [2.24, 2.45) is 0 Å². The first-order valence-corrected chi connectivity index (χ1v) is 7.07. The number of nitrogens with one attached hydrogen (secondary N) is 1. The normalized spacial score (nSPS) is 10.7. The molecule has 2 aromatic rings. The zero-order valence-corrected chi connectivity index (χ0v) is 12.1. The number of carboxylic acid groups (broad SMARTS) is 1. The molecule has 0 fully saturated rings. The molecule has 0 aromatic carbocycles. The van der Waals surface area contributed by atoms with Crippen molar-refractivity contribution in [3.63, 3.8) is 0 Å². The minimum absolute atomic E-state index is 0.115. The van der Waals surface area contributed by atoms with Gasteiger partial charge in [-0.1, -0.05) is 17.8 Å². The second-order valence-electron chi connectivity index (χ2n) is 4.06. The summed E-state index contributed by atoms with van der Waals surface area (Å²) in [7, 11) is 1.57. The Hall–Kier alpha value is -2.13. The van der Waals surface area contributed by atoms with Crippen LogP contribution in [0, 0.1) is 0 Å². The number of nitrogens with zero attached hydrogens (tertiary/aromatic N) is 3. The number of aromatic nitrogens is 4. The highest BCUT2D eigenvalue weighted by Gasteiger charge is 2.15. The molecule has 0 aliphatic rings. The summed E-state index contributed by atoms with van der Waals surface area (Å²) in [5.74, 6) is -0.579. The molecular weight excluding hydrogens is 296 g/mol. The summed E-state index contributed by atoms with van der Waals surface area (Å²) in [6.45, 7) is 0.875. The lowest BCUT2D eigenvalue weighted by molar-refractivity contribution is -0.133. The molecular formula is C12H14N4O4S.